The number of nitrogens with zero attached hydrogens (tertiary/aromatic N) is 1. The molecule has 1 aliphatic heterocycles. The lowest BCUT2D eigenvalue weighted by atomic mass is 10.1. The highest BCUT2D eigenvalue weighted by Crippen LogP contribution is 2.25. The fraction of sp³-hybridized carbons (Fsp3) is 0.500. The van der Waals surface area contributed by atoms with E-state index in [0.29, 0.717) is 25.9 Å². The van der Waals surface area contributed by atoms with Gasteiger partial charge in [0.2, 0.25) is 5.91 Å². The number of aliphatic hydroxyl groups excluding tert-OH is 1. The Morgan fingerprint density at radius 3 is 2.79 bits per heavy atom. The van der Waals surface area contributed by atoms with E-state index in [-0.39, 0.29) is 17.8 Å². The van der Waals surface area contributed by atoms with Crippen LogP contribution in [0.4, 0.5) is 4.39 Å². The zero-order valence-corrected chi connectivity index (χ0v) is 14.2. The van der Waals surface area contributed by atoms with Crippen molar-refractivity contribution in [2.24, 2.45) is 0 Å². The third kappa shape index (κ3) is 3.60. The number of benzene rings is 1. The molecule has 0 unspecified atom stereocenters. The van der Waals surface area contributed by atoms with Crippen LogP contribution in [-0.4, -0.2) is 46.6 Å². The van der Waals surface area contributed by atoms with Crippen molar-refractivity contribution < 1.29 is 14.3 Å². The average molecular weight is 333 g/mol. The molecule has 0 aliphatic carbocycles. The maximum Gasteiger partial charge on any atom is 0.234 e. The largest absolute Gasteiger partial charge is 0.393 e. The Hall–Kier alpha value is -1.92. The summed E-state index contributed by atoms with van der Waals surface area (Å²) in [4.78, 5) is 17.5. The van der Waals surface area contributed by atoms with Crippen molar-refractivity contribution in [1.29, 1.82) is 0 Å². The first-order valence-electron chi connectivity index (χ1n) is 8.38. The molecule has 6 heteroatoms. The number of aromatic amines is 1. The lowest BCUT2D eigenvalue weighted by molar-refractivity contribution is -0.122. The number of hydrogen-bond acceptors (Lipinski definition) is 3. The number of hydrogen-bond donors (Lipinski definition) is 3. The lowest BCUT2D eigenvalue weighted by Gasteiger charge is -2.28. The van der Waals surface area contributed by atoms with Crippen LogP contribution < -0.4 is 5.32 Å². The Balaban J connectivity index is 1.65. The van der Waals surface area contributed by atoms with Gasteiger partial charge in [-0.3, -0.25) is 9.69 Å². The quantitative estimate of drug-likeness (QED) is 0.802. The van der Waals surface area contributed by atoms with Gasteiger partial charge in [-0.25, -0.2) is 4.39 Å². The molecule has 0 radical (unpaired) electrons. The molecule has 1 aromatic heterocycles. The SMILES string of the molecule is Cc1[nH]c2c(CNC(=O)CN3CCC(O)CC3)cc(F)cc2c1C. The van der Waals surface area contributed by atoms with E-state index in [4.69, 9.17) is 0 Å². The number of H-pyrrole nitrogens is 1. The van der Waals surface area contributed by atoms with Crippen LogP contribution in [-0.2, 0) is 11.3 Å². The van der Waals surface area contributed by atoms with E-state index in [2.05, 4.69) is 10.3 Å². The van der Waals surface area contributed by atoms with Crippen molar-refractivity contribution in [3.63, 3.8) is 0 Å². The molecule has 2 heterocycles. The van der Waals surface area contributed by atoms with E-state index >= 15 is 0 Å². The highest BCUT2D eigenvalue weighted by atomic mass is 19.1. The summed E-state index contributed by atoms with van der Waals surface area (Å²) in [6, 6.07) is 2.99. The first-order chi connectivity index (χ1) is 11.4. The smallest absolute Gasteiger partial charge is 0.234 e. The molecule has 24 heavy (non-hydrogen) atoms. The Bertz CT molecular complexity index is 748. The summed E-state index contributed by atoms with van der Waals surface area (Å²) in [5.74, 6) is -0.373. The zero-order valence-electron chi connectivity index (χ0n) is 14.2. The number of carbonyl (C=O) groups excluding carboxylic acids is 1. The number of aryl methyl sites for hydroxylation is 2. The first kappa shape index (κ1) is 16.9. The van der Waals surface area contributed by atoms with Crippen molar-refractivity contribution in [2.45, 2.75) is 39.3 Å². The summed E-state index contributed by atoms with van der Waals surface area (Å²) < 4.78 is 13.9. The van der Waals surface area contributed by atoms with Crippen molar-refractivity contribution in [3.05, 3.63) is 34.8 Å². The monoisotopic (exact) mass is 333 g/mol. The molecule has 1 amide bonds. The molecule has 3 N–H and O–H groups in total. The molecule has 130 valence electrons. The normalized spacial score (nSPS) is 16.7. The average Bonchev–Trinajstić information content (AvgIpc) is 2.83. The van der Waals surface area contributed by atoms with Gasteiger partial charge in [-0.1, -0.05) is 0 Å². The van der Waals surface area contributed by atoms with Crippen LogP contribution in [0.1, 0.15) is 29.7 Å². The van der Waals surface area contributed by atoms with Crippen molar-refractivity contribution >= 4 is 16.8 Å². The molecule has 3 rings (SSSR count). The molecule has 1 saturated heterocycles. The molecule has 0 spiro atoms. The molecule has 0 bridgehead atoms. The zero-order chi connectivity index (χ0) is 17.3. The number of nitrogens with one attached hydrogen (secondary N) is 2. The molecule has 2 aromatic rings. The van der Waals surface area contributed by atoms with Crippen LogP contribution in [0.15, 0.2) is 12.1 Å². The van der Waals surface area contributed by atoms with Gasteiger partial charge >= 0.3 is 0 Å². The van der Waals surface area contributed by atoms with Crippen LogP contribution >= 0.6 is 0 Å². The molecular formula is C18H24FN3O2. The summed E-state index contributed by atoms with van der Waals surface area (Å²) in [6.45, 7) is 5.99. The molecule has 0 saturated carbocycles. The minimum atomic E-state index is -0.293. The van der Waals surface area contributed by atoms with Crippen molar-refractivity contribution in [1.82, 2.24) is 15.2 Å². The number of fused-ring (bicyclic) bond motifs is 1. The van der Waals surface area contributed by atoms with Crippen molar-refractivity contribution in [2.75, 3.05) is 19.6 Å². The summed E-state index contributed by atoms with van der Waals surface area (Å²) >= 11 is 0. The fourth-order valence-electron chi connectivity index (χ4n) is 3.26. The number of amides is 1. The van der Waals surface area contributed by atoms with Gasteiger partial charge in [-0.15, -0.1) is 0 Å². The van der Waals surface area contributed by atoms with Gasteiger partial charge in [0.15, 0.2) is 0 Å². The molecular weight excluding hydrogens is 309 g/mol. The number of carbonyl (C=O) groups is 1. The summed E-state index contributed by atoms with van der Waals surface area (Å²) in [6.07, 6.45) is 1.17. The third-order valence-corrected chi connectivity index (χ3v) is 4.86. The minimum absolute atomic E-state index is 0.0798. The van der Waals surface area contributed by atoms with Crippen LogP contribution in [0.25, 0.3) is 10.9 Å². The van der Waals surface area contributed by atoms with E-state index in [0.717, 1.165) is 40.8 Å². The molecule has 1 aromatic carbocycles. The highest BCUT2D eigenvalue weighted by molar-refractivity contribution is 5.87. The van der Waals surface area contributed by atoms with E-state index in [9.17, 15) is 14.3 Å². The van der Waals surface area contributed by atoms with Gasteiger partial charge in [0.25, 0.3) is 0 Å². The Morgan fingerprint density at radius 2 is 2.08 bits per heavy atom. The van der Waals surface area contributed by atoms with Gasteiger partial charge in [0.1, 0.15) is 5.82 Å². The van der Waals surface area contributed by atoms with Gasteiger partial charge < -0.3 is 15.4 Å². The number of aromatic nitrogens is 1. The Labute approximate surface area is 140 Å². The molecule has 1 aliphatic rings. The molecule has 0 atom stereocenters. The summed E-state index contributed by atoms with van der Waals surface area (Å²) in [7, 11) is 0. The third-order valence-electron chi connectivity index (χ3n) is 4.86. The Kier molecular flexibility index (Phi) is 4.87. The fourth-order valence-corrected chi connectivity index (χ4v) is 3.26. The van der Waals surface area contributed by atoms with Crippen LogP contribution in [0, 0.1) is 19.7 Å². The first-order valence-corrected chi connectivity index (χ1v) is 8.38. The minimum Gasteiger partial charge on any atom is -0.393 e. The van der Waals surface area contributed by atoms with E-state index in [1.54, 1.807) is 0 Å². The predicted molar refractivity (Wildman–Crippen MR) is 91.3 cm³/mol. The van der Waals surface area contributed by atoms with Crippen molar-refractivity contribution in [3.8, 4) is 0 Å². The van der Waals surface area contributed by atoms with Crippen LogP contribution in [0.2, 0.25) is 0 Å². The van der Waals surface area contributed by atoms with Gasteiger partial charge in [-0.05, 0) is 49.9 Å². The second-order valence-corrected chi connectivity index (χ2v) is 6.65. The van der Waals surface area contributed by atoms with E-state index < -0.39 is 0 Å². The molecule has 1 fully saturated rings. The second-order valence-electron chi connectivity index (χ2n) is 6.65. The maximum absolute atomic E-state index is 13.9. The number of halogens is 1. The maximum atomic E-state index is 13.9. The van der Waals surface area contributed by atoms with Crippen LogP contribution in [0.3, 0.4) is 0 Å². The Morgan fingerprint density at radius 1 is 1.38 bits per heavy atom. The summed E-state index contributed by atoms with van der Waals surface area (Å²) in [5, 5.41) is 13.2. The van der Waals surface area contributed by atoms with Crippen LogP contribution in [0.5, 0.6) is 0 Å². The summed E-state index contributed by atoms with van der Waals surface area (Å²) in [5.41, 5.74) is 3.68. The van der Waals surface area contributed by atoms with E-state index in [1.807, 2.05) is 18.7 Å². The van der Waals surface area contributed by atoms with Gasteiger partial charge in [0.05, 0.1) is 18.2 Å². The van der Waals surface area contributed by atoms with Gasteiger partial charge in [0, 0.05) is 30.7 Å². The number of likely N-dealkylation sites (tertiary alicyclic amines) is 1. The lowest BCUT2D eigenvalue weighted by Crippen LogP contribution is -2.42. The number of rotatable bonds is 4. The highest BCUT2D eigenvalue weighted by Gasteiger charge is 2.19. The predicted octanol–water partition coefficient (Wildman–Crippen LogP) is 2.00. The van der Waals surface area contributed by atoms with Gasteiger partial charge in [-0.2, -0.15) is 0 Å². The topological polar surface area (TPSA) is 68.4 Å². The van der Waals surface area contributed by atoms with E-state index in [1.165, 1.54) is 12.1 Å². The molecule has 5 nitrogen and oxygen atoms in total. The standard InChI is InChI=1S/C18H24FN3O2/c1-11-12(2)21-18-13(7-14(19)8-16(11)18)9-20-17(24)10-22-5-3-15(23)4-6-22/h7-8,15,21,23H,3-6,9-10H2,1-2H3,(H,20,24). The number of aliphatic hydroxyl groups is 1. The number of piperidine rings is 1. The second kappa shape index (κ2) is 6.91.